The molecule has 21 heavy (non-hydrogen) atoms. The van der Waals surface area contributed by atoms with Gasteiger partial charge in [0, 0.05) is 6.42 Å². The maximum atomic E-state index is 11.8. The molecule has 0 saturated carbocycles. The van der Waals surface area contributed by atoms with E-state index in [9.17, 15) is 14.4 Å². The third kappa shape index (κ3) is 2.64. The van der Waals surface area contributed by atoms with E-state index in [4.69, 9.17) is 9.47 Å². The largest absolute Gasteiger partial charge is 0.480 e. The van der Waals surface area contributed by atoms with Crippen LogP contribution in [0.4, 0.5) is 16.4 Å². The average molecular weight is 291 g/mol. The molecule has 0 spiro atoms. The van der Waals surface area contributed by atoms with Crippen molar-refractivity contribution in [2.75, 3.05) is 23.4 Å². The van der Waals surface area contributed by atoms with Gasteiger partial charge in [0.2, 0.25) is 0 Å². The first-order chi connectivity index (χ1) is 10.2. The fourth-order valence-corrected chi connectivity index (χ4v) is 2.22. The van der Waals surface area contributed by atoms with Crippen molar-refractivity contribution in [2.45, 2.75) is 18.9 Å². The zero-order valence-electron chi connectivity index (χ0n) is 11.1. The first kappa shape index (κ1) is 13.3. The SMILES string of the molecule is O=CCC[C@H]1CN(c2ccc3c(n2)NC(=O)CO3)C(=O)O1. The normalized spacial score (nSPS) is 20.4. The summed E-state index contributed by atoms with van der Waals surface area (Å²) in [5.74, 6) is 0.828. The Hall–Kier alpha value is -2.64. The second kappa shape index (κ2) is 5.39. The van der Waals surface area contributed by atoms with E-state index in [1.54, 1.807) is 12.1 Å². The van der Waals surface area contributed by atoms with Gasteiger partial charge in [0.1, 0.15) is 18.2 Å². The maximum Gasteiger partial charge on any atom is 0.415 e. The predicted molar refractivity (Wildman–Crippen MR) is 71.3 cm³/mol. The van der Waals surface area contributed by atoms with Crippen LogP contribution in [0, 0.1) is 0 Å². The van der Waals surface area contributed by atoms with Crippen LogP contribution >= 0.6 is 0 Å². The van der Waals surface area contributed by atoms with Crippen molar-refractivity contribution < 1.29 is 23.9 Å². The number of nitrogens with zero attached hydrogens (tertiary/aromatic N) is 2. The number of aldehydes is 1. The molecule has 1 atom stereocenters. The number of hydrogen-bond donors (Lipinski definition) is 1. The number of pyridine rings is 1. The monoisotopic (exact) mass is 291 g/mol. The van der Waals surface area contributed by atoms with Gasteiger partial charge >= 0.3 is 6.09 Å². The lowest BCUT2D eigenvalue weighted by molar-refractivity contribution is -0.118. The van der Waals surface area contributed by atoms with Gasteiger partial charge in [-0.2, -0.15) is 0 Å². The zero-order chi connectivity index (χ0) is 14.8. The van der Waals surface area contributed by atoms with E-state index in [2.05, 4.69) is 10.3 Å². The Morgan fingerprint density at radius 2 is 2.29 bits per heavy atom. The van der Waals surface area contributed by atoms with Gasteiger partial charge in [-0.25, -0.2) is 9.78 Å². The fraction of sp³-hybridized carbons (Fsp3) is 0.385. The molecular formula is C13H13N3O5. The van der Waals surface area contributed by atoms with Gasteiger partial charge in [-0.1, -0.05) is 0 Å². The highest BCUT2D eigenvalue weighted by Crippen LogP contribution is 2.30. The van der Waals surface area contributed by atoms with Gasteiger partial charge in [0.25, 0.3) is 5.91 Å². The molecule has 2 aliphatic rings. The van der Waals surface area contributed by atoms with Gasteiger partial charge in [-0.3, -0.25) is 9.69 Å². The number of hydrogen-bond acceptors (Lipinski definition) is 6. The number of carbonyl (C=O) groups is 3. The molecule has 0 radical (unpaired) electrons. The highest BCUT2D eigenvalue weighted by molar-refractivity contribution is 5.95. The molecular weight excluding hydrogens is 278 g/mol. The third-order valence-corrected chi connectivity index (χ3v) is 3.22. The first-order valence-corrected chi connectivity index (χ1v) is 6.53. The van der Waals surface area contributed by atoms with E-state index in [1.807, 2.05) is 0 Å². The minimum Gasteiger partial charge on any atom is -0.480 e. The molecule has 1 aromatic heterocycles. The minimum absolute atomic E-state index is 0.0481. The Morgan fingerprint density at radius 3 is 3.10 bits per heavy atom. The van der Waals surface area contributed by atoms with Crippen molar-refractivity contribution in [3.8, 4) is 5.75 Å². The summed E-state index contributed by atoms with van der Waals surface area (Å²) in [6, 6.07) is 3.27. The summed E-state index contributed by atoms with van der Waals surface area (Å²) in [6.45, 7) is 0.279. The molecule has 1 N–H and O–H groups in total. The molecule has 1 saturated heterocycles. The Bertz CT molecular complexity index is 603. The smallest absolute Gasteiger partial charge is 0.415 e. The fourth-order valence-electron chi connectivity index (χ4n) is 2.22. The van der Waals surface area contributed by atoms with Crippen LogP contribution in [-0.4, -0.2) is 42.5 Å². The van der Waals surface area contributed by atoms with Crippen LogP contribution in [0.2, 0.25) is 0 Å². The van der Waals surface area contributed by atoms with Gasteiger partial charge in [0.05, 0.1) is 6.54 Å². The highest BCUT2D eigenvalue weighted by atomic mass is 16.6. The summed E-state index contributed by atoms with van der Waals surface area (Å²) < 4.78 is 10.4. The number of cyclic esters (lactones) is 1. The minimum atomic E-state index is -0.513. The molecule has 0 unspecified atom stereocenters. The lowest BCUT2D eigenvalue weighted by atomic mass is 10.2. The van der Waals surface area contributed by atoms with E-state index < -0.39 is 6.09 Å². The van der Waals surface area contributed by atoms with Crippen molar-refractivity contribution in [3.63, 3.8) is 0 Å². The quantitative estimate of drug-likeness (QED) is 0.821. The van der Waals surface area contributed by atoms with Crippen molar-refractivity contribution in [3.05, 3.63) is 12.1 Å². The molecule has 110 valence electrons. The van der Waals surface area contributed by atoms with Gasteiger partial charge in [0.15, 0.2) is 18.2 Å². The van der Waals surface area contributed by atoms with Gasteiger partial charge in [-0.15, -0.1) is 0 Å². The number of fused-ring (bicyclic) bond motifs is 1. The molecule has 1 fully saturated rings. The first-order valence-electron chi connectivity index (χ1n) is 6.53. The lowest BCUT2D eigenvalue weighted by Crippen LogP contribution is -2.29. The lowest BCUT2D eigenvalue weighted by Gasteiger charge is -2.19. The molecule has 8 heteroatoms. The van der Waals surface area contributed by atoms with Crippen LogP contribution in [0.3, 0.4) is 0 Å². The molecule has 2 aliphatic heterocycles. The van der Waals surface area contributed by atoms with E-state index >= 15 is 0 Å². The Labute approximate surface area is 120 Å². The Balaban J connectivity index is 1.78. The van der Waals surface area contributed by atoms with Crippen LogP contribution in [0.1, 0.15) is 12.8 Å². The molecule has 8 nitrogen and oxygen atoms in total. The van der Waals surface area contributed by atoms with Crippen LogP contribution in [-0.2, 0) is 14.3 Å². The molecule has 0 aromatic carbocycles. The summed E-state index contributed by atoms with van der Waals surface area (Å²) in [5, 5.41) is 2.58. The van der Waals surface area contributed by atoms with Gasteiger partial charge in [-0.05, 0) is 18.6 Å². The summed E-state index contributed by atoms with van der Waals surface area (Å²) in [5.41, 5.74) is 0. The van der Waals surface area contributed by atoms with E-state index in [1.165, 1.54) is 4.90 Å². The second-order valence-electron chi connectivity index (χ2n) is 4.71. The molecule has 1 aromatic rings. The van der Waals surface area contributed by atoms with Gasteiger partial charge < -0.3 is 19.6 Å². The van der Waals surface area contributed by atoms with Crippen molar-refractivity contribution in [2.24, 2.45) is 0 Å². The van der Waals surface area contributed by atoms with E-state index in [0.717, 1.165) is 6.29 Å². The van der Waals surface area contributed by atoms with Crippen LogP contribution < -0.4 is 15.0 Å². The number of carbonyl (C=O) groups excluding carboxylic acids is 3. The summed E-state index contributed by atoms with van der Waals surface area (Å²) in [7, 11) is 0. The number of ether oxygens (including phenoxy) is 2. The molecule has 0 bridgehead atoms. The van der Waals surface area contributed by atoms with E-state index in [-0.39, 0.29) is 24.4 Å². The number of amides is 2. The highest BCUT2D eigenvalue weighted by Gasteiger charge is 2.33. The predicted octanol–water partition coefficient (Wildman–Crippen LogP) is 0.717. The number of nitrogens with one attached hydrogen (secondary N) is 1. The average Bonchev–Trinajstić information content (AvgIpc) is 2.85. The molecule has 3 heterocycles. The van der Waals surface area contributed by atoms with E-state index in [0.29, 0.717) is 31.0 Å². The number of rotatable bonds is 4. The summed E-state index contributed by atoms with van der Waals surface area (Å²) >= 11 is 0. The van der Waals surface area contributed by atoms with Crippen molar-refractivity contribution in [1.82, 2.24) is 4.98 Å². The third-order valence-electron chi connectivity index (χ3n) is 3.22. The summed E-state index contributed by atoms with van der Waals surface area (Å²) in [4.78, 5) is 39.1. The van der Waals surface area contributed by atoms with Crippen molar-refractivity contribution >= 4 is 29.9 Å². The molecule has 0 aliphatic carbocycles. The van der Waals surface area contributed by atoms with Crippen molar-refractivity contribution in [1.29, 1.82) is 0 Å². The molecule has 3 rings (SSSR count). The topological polar surface area (TPSA) is 97.8 Å². The zero-order valence-corrected chi connectivity index (χ0v) is 11.1. The van der Waals surface area contributed by atoms with Crippen LogP contribution in [0.15, 0.2) is 12.1 Å². The second-order valence-corrected chi connectivity index (χ2v) is 4.71. The maximum absolute atomic E-state index is 11.8. The van der Waals surface area contributed by atoms with Crippen LogP contribution in [0.5, 0.6) is 5.75 Å². The number of anilines is 2. The summed E-state index contributed by atoms with van der Waals surface area (Å²) in [6.07, 6.45) is 0.775. The Kier molecular flexibility index (Phi) is 3.43. The van der Waals surface area contributed by atoms with Crippen LogP contribution in [0.25, 0.3) is 0 Å². The standard InChI is InChI=1S/C13H13N3O5/c17-5-1-2-8-6-16(13(19)21-8)10-4-3-9-12(14-10)15-11(18)7-20-9/h3-5,8H,1-2,6-7H2,(H,14,15,18)/t8-/m0/s1. The molecule has 2 amide bonds. The Morgan fingerprint density at radius 1 is 1.43 bits per heavy atom. The number of aromatic nitrogens is 1.